The van der Waals surface area contributed by atoms with Crippen LogP contribution in [-0.4, -0.2) is 35.0 Å². The first kappa shape index (κ1) is 14.3. The Balaban J connectivity index is 2.11. The van der Waals surface area contributed by atoms with Crippen molar-refractivity contribution in [3.63, 3.8) is 0 Å². The molecule has 2 unspecified atom stereocenters. The van der Waals surface area contributed by atoms with Crippen molar-refractivity contribution < 1.29 is 9.18 Å². The Kier molecular flexibility index (Phi) is 4.82. The molecular formula is C14H19FN2OS. The lowest BCUT2D eigenvalue weighted by Crippen LogP contribution is -2.45. The van der Waals surface area contributed by atoms with Crippen molar-refractivity contribution in [1.82, 2.24) is 10.2 Å². The summed E-state index contributed by atoms with van der Waals surface area (Å²) in [5.74, 6) is 1.54. The van der Waals surface area contributed by atoms with Gasteiger partial charge in [0.25, 0.3) is 0 Å². The van der Waals surface area contributed by atoms with E-state index in [-0.39, 0.29) is 23.8 Å². The predicted molar refractivity (Wildman–Crippen MR) is 76.5 cm³/mol. The highest BCUT2D eigenvalue weighted by Gasteiger charge is 2.29. The first-order valence-corrected chi connectivity index (χ1v) is 7.66. The number of amides is 1. The van der Waals surface area contributed by atoms with Gasteiger partial charge in [-0.15, -0.1) is 11.8 Å². The van der Waals surface area contributed by atoms with E-state index in [1.165, 1.54) is 12.1 Å². The summed E-state index contributed by atoms with van der Waals surface area (Å²) in [6.07, 6.45) is 0. The normalized spacial score (nSPS) is 20.3. The number of halogens is 1. The SMILES string of the molecule is CCN(C(=O)C1CSCN1)C(C)c1ccc(F)cc1. The summed E-state index contributed by atoms with van der Waals surface area (Å²) in [5, 5.41) is 3.20. The molecule has 0 bridgehead atoms. The summed E-state index contributed by atoms with van der Waals surface area (Å²) in [7, 11) is 0. The van der Waals surface area contributed by atoms with E-state index in [1.807, 2.05) is 18.7 Å². The molecule has 3 nitrogen and oxygen atoms in total. The number of hydrogen-bond acceptors (Lipinski definition) is 3. The topological polar surface area (TPSA) is 32.3 Å². The van der Waals surface area contributed by atoms with Gasteiger partial charge in [-0.1, -0.05) is 12.1 Å². The second-order valence-corrected chi connectivity index (χ2v) is 5.65. The molecule has 1 N–H and O–H groups in total. The molecule has 0 radical (unpaired) electrons. The van der Waals surface area contributed by atoms with Crippen LogP contribution in [0.5, 0.6) is 0 Å². The van der Waals surface area contributed by atoms with Crippen LogP contribution in [0.1, 0.15) is 25.5 Å². The molecule has 1 fully saturated rings. The van der Waals surface area contributed by atoms with E-state index in [9.17, 15) is 9.18 Å². The van der Waals surface area contributed by atoms with E-state index < -0.39 is 0 Å². The Morgan fingerprint density at radius 2 is 2.21 bits per heavy atom. The Bertz CT molecular complexity index is 432. The Morgan fingerprint density at radius 1 is 1.53 bits per heavy atom. The van der Waals surface area contributed by atoms with E-state index in [4.69, 9.17) is 0 Å². The monoisotopic (exact) mass is 282 g/mol. The van der Waals surface area contributed by atoms with Crippen LogP contribution in [0.2, 0.25) is 0 Å². The molecule has 1 amide bonds. The highest BCUT2D eigenvalue weighted by Crippen LogP contribution is 2.22. The van der Waals surface area contributed by atoms with Gasteiger partial charge in [0.15, 0.2) is 0 Å². The van der Waals surface area contributed by atoms with Gasteiger partial charge in [0.1, 0.15) is 5.82 Å². The fourth-order valence-electron chi connectivity index (χ4n) is 2.30. The summed E-state index contributed by atoms with van der Waals surface area (Å²) in [6.45, 7) is 4.61. The molecule has 1 heterocycles. The molecule has 5 heteroatoms. The number of carbonyl (C=O) groups is 1. The van der Waals surface area contributed by atoms with Crippen molar-refractivity contribution in [2.75, 3.05) is 18.2 Å². The van der Waals surface area contributed by atoms with Crippen LogP contribution in [0.3, 0.4) is 0 Å². The van der Waals surface area contributed by atoms with Crippen molar-refractivity contribution in [3.8, 4) is 0 Å². The molecule has 2 rings (SSSR count). The molecule has 0 saturated carbocycles. The Hall–Kier alpha value is -1.07. The minimum Gasteiger partial charge on any atom is -0.335 e. The maximum Gasteiger partial charge on any atom is 0.241 e. The van der Waals surface area contributed by atoms with Crippen LogP contribution in [0.15, 0.2) is 24.3 Å². The molecule has 0 aromatic heterocycles. The van der Waals surface area contributed by atoms with Gasteiger partial charge >= 0.3 is 0 Å². The van der Waals surface area contributed by atoms with Gasteiger partial charge in [-0.2, -0.15) is 0 Å². The number of rotatable bonds is 4. The molecule has 0 spiro atoms. The van der Waals surface area contributed by atoms with Crippen LogP contribution in [0.4, 0.5) is 4.39 Å². The van der Waals surface area contributed by atoms with E-state index in [0.29, 0.717) is 6.54 Å². The first-order chi connectivity index (χ1) is 9.13. The Morgan fingerprint density at radius 3 is 2.74 bits per heavy atom. The van der Waals surface area contributed by atoms with Gasteiger partial charge in [0.05, 0.1) is 12.1 Å². The third-order valence-corrected chi connectivity index (χ3v) is 4.40. The maximum absolute atomic E-state index is 12.9. The van der Waals surface area contributed by atoms with E-state index in [2.05, 4.69) is 5.32 Å². The van der Waals surface area contributed by atoms with Gasteiger partial charge < -0.3 is 4.90 Å². The second-order valence-electron chi connectivity index (χ2n) is 4.62. The first-order valence-electron chi connectivity index (χ1n) is 6.50. The molecule has 0 aliphatic carbocycles. The smallest absolute Gasteiger partial charge is 0.241 e. The molecule has 1 saturated heterocycles. The van der Waals surface area contributed by atoms with Crippen LogP contribution >= 0.6 is 11.8 Å². The average Bonchev–Trinajstić information content (AvgIpc) is 2.94. The van der Waals surface area contributed by atoms with Crippen LogP contribution < -0.4 is 5.32 Å². The highest BCUT2D eigenvalue weighted by atomic mass is 32.2. The molecule has 1 aromatic rings. The van der Waals surface area contributed by atoms with Crippen molar-refractivity contribution in [1.29, 1.82) is 0 Å². The predicted octanol–water partition coefficient (Wildman–Crippen LogP) is 2.40. The summed E-state index contributed by atoms with van der Waals surface area (Å²) < 4.78 is 12.9. The van der Waals surface area contributed by atoms with Gasteiger partial charge in [-0.3, -0.25) is 10.1 Å². The molecule has 1 aliphatic rings. The number of nitrogens with zero attached hydrogens (tertiary/aromatic N) is 1. The average molecular weight is 282 g/mol. The fourth-order valence-corrected chi connectivity index (χ4v) is 3.23. The number of thioether (sulfide) groups is 1. The number of benzene rings is 1. The highest BCUT2D eigenvalue weighted by molar-refractivity contribution is 7.99. The van der Waals surface area contributed by atoms with E-state index in [0.717, 1.165) is 17.2 Å². The van der Waals surface area contributed by atoms with Crippen molar-refractivity contribution in [2.45, 2.75) is 25.9 Å². The van der Waals surface area contributed by atoms with Crippen LogP contribution in [-0.2, 0) is 4.79 Å². The third-order valence-electron chi connectivity index (χ3n) is 3.46. The van der Waals surface area contributed by atoms with E-state index >= 15 is 0 Å². The third kappa shape index (κ3) is 3.28. The molecular weight excluding hydrogens is 263 g/mol. The maximum atomic E-state index is 12.9. The van der Waals surface area contributed by atoms with Gasteiger partial charge in [-0.05, 0) is 31.5 Å². The molecule has 19 heavy (non-hydrogen) atoms. The fraction of sp³-hybridized carbons (Fsp3) is 0.500. The minimum absolute atomic E-state index is 0.0366. The molecule has 104 valence electrons. The lowest BCUT2D eigenvalue weighted by atomic mass is 10.1. The van der Waals surface area contributed by atoms with Gasteiger partial charge in [0.2, 0.25) is 5.91 Å². The van der Waals surface area contributed by atoms with Crippen LogP contribution in [0, 0.1) is 5.82 Å². The van der Waals surface area contributed by atoms with Crippen molar-refractivity contribution in [2.24, 2.45) is 0 Å². The minimum atomic E-state index is -0.251. The zero-order valence-electron chi connectivity index (χ0n) is 11.2. The molecule has 1 aromatic carbocycles. The molecule has 2 atom stereocenters. The van der Waals surface area contributed by atoms with Gasteiger partial charge in [0, 0.05) is 18.2 Å². The quantitative estimate of drug-likeness (QED) is 0.920. The lowest BCUT2D eigenvalue weighted by Gasteiger charge is -2.30. The standard InChI is InChI=1S/C14H19FN2OS/c1-3-17(14(18)13-8-19-9-16-13)10(2)11-4-6-12(15)7-5-11/h4-7,10,13,16H,3,8-9H2,1-2H3. The summed E-state index contributed by atoms with van der Waals surface area (Å²) in [4.78, 5) is 14.3. The number of carbonyl (C=O) groups excluding carboxylic acids is 1. The van der Waals surface area contributed by atoms with Crippen molar-refractivity contribution in [3.05, 3.63) is 35.6 Å². The van der Waals surface area contributed by atoms with Crippen LogP contribution in [0.25, 0.3) is 0 Å². The number of nitrogens with one attached hydrogen (secondary N) is 1. The summed E-state index contributed by atoms with van der Waals surface area (Å²) in [5.41, 5.74) is 0.960. The van der Waals surface area contributed by atoms with Crippen molar-refractivity contribution >= 4 is 17.7 Å². The second kappa shape index (κ2) is 6.39. The van der Waals surface area contributed by atoms with Gasteiger partial charge in [-0.25, -0.2) is 4.39 Å². The summed E-state index contributed by atoms with van der Waals surface area (Å²) in [6, 6.07) is 6.24. The zero-order chi connectivity index (χ0) is 13.8. The van der Waals surface area contributed by atoms with E-state index in [1.54, 1.807) is 23.9 Å². The lowest BCUT2D eigenvalue weighted by molar-refractivity contribution is -0.134. The largest absolute Gasteiger partial charge is 0.335 e. The number of likely N-dealkylation sites (N-methyl/N-ethyl adjacent to an activating group) is 1. The Labute approximate surface area is 117 Å². The zero-order valence-corrected chi connectivity index (χ0v) is 12.0. The summed E-state index contributed by atoms with van der Waals surface area (Å²) >= 11 is 1.74. The number of hydrogen-bond donors (Lipinski definition) is 1. The molecule has 1 aliphatic heterocycles.